The Hall–Kier alpha value is -2.62. The quantitative estimate of drug-likeness (QED) is 0.0304. The monoisotopic (exact) mass is 1500 g/mol. The van der Waals surface area contributed by atoms with Gasteiger partial charge in [-0.05, 0) is 44.9 Å². The molecule has 0 saturated carbocycles. The second-order valence-electron chi connectivity index (χ2n) is 28.9. The highest BCUT2D eigenvalue weighted by molar-refractivity contribution is 5.76. The molecule has 0 bridgehead atoms. The van der Waals surface area contributed by atoms with Crippen LogP contribution < -0.4 is 10.6 Å². The summed E-state index contributed by atoms with van der Waals surface area (Å²) in [5.41, 5.74) is 0. The molecule has 0 spiro atoms. The van der Waals surface area contributed by atoms with Gasteiger partial charge in [0.15, 0.2) is 31.5 Å². The fraction of sp³-hybridized carbons (Fsp3) is 0.919. The minimum absolute atomic E-state index is 0.186. The predicted molar refractivity (Wildman–Crippen MR) is 377 cm³/mol. The van der Waals surface area contributed by atoms with E-state index in [4.69, 9.17) is 47.4 Å². The molecule has 5 saturated heterocycles. The van der Waals surface area contributed by atoms with Gasteiger partial charge in [0.05, 0.1) is 51.8 Å². The predicted octanol–water partition coefficient (Wildman–Crippen LogP) is 1.72. The van der Waals surface area contributed by atoms with Crippen molar-refractivity contribution in [3.8, 4) is 0 Å². The molecule has 2 amide bonds. The minimum Gasteiger partial charge on any atom is -0.394 e. The lowest BCUT2D eigenvalue weighted by atomic mass is 9.94. The summed E-state index contributed by atoms with van der Waals surface area (Å²) in [6.07, 6.45) is -2.48. The number of amides is 2. The third kappa shape index (κ3) is 30.2. The molecule has 30 nitrogen and oxygen atoms in total. The third-order valence-corrected chi connectivity index (χ3v) is 20.4. The Morgan fingerprint density at radius 2 is 0.721 bits per heavy atom. The molecule has 0 aliphatic carbocycles. The number of rotatable bonds is 53. The fourth-order valence-corrected chi connectivity index (χ4v) is 14.0. The number of hydrogen-bond donors (Lipinski definition) is 18. The van der Waals surface area contributed by atoms with Crippen molar-refractivity contribution in [2.24, 2.45) is 0 Å². The minimum atomic E-state index is -2.23. The maximum Gasteiger partial charge on any atom is 0.220 e. The molecule has 18 N–H and O–H groups in total. The molecule has 0 aromatic heterocycles. The lowest BCUT2D eigenvalue weighted by molar-refractivity contribution is -0.390. The summed E-state index contributed by atoms with van der Waals surface area (Å²) < 4.78 is 58.5. The summed E-state index contributed by atoms with van der Waals surface area (Å²) in [7, 11) is 0. The average Bonchev–Trinajstić information content (AvgIpc) is 0.771. The van der Waals surface area contributed by atoms with Gasteiger partial charge in [0, 0.05) is 13.3 Å². The maximum absolute atomic E-state index is 13.5. The number of nitrogens with one attached hydrogen (secondary N) is 2. The Labute approximate surface area is 614 Å². The molecule has 5 aliphatic rings. The van der Waals surface area contributed by atoms with Gasteiger partial charge >= 0.3 is 0 Å². The van der Waals surface area contributed by atoms with E-state index in [0.29, 0.717) is 12.8 Å². The number of carbonyl (C=O) groups is 2. The van der Waals surface area contributed by atoms with Gasteiger partial charge in [0.25, 0.3) is 0 Å². The molecular formula is C74H134N2O28. The van der Waals surface area contributed by atoms with Crippen LogP contribution in [0.25, 0.3) is 0 Å². The van der Waals surface area contributed by atoms with Crippen LogP contribution in [0.4, 0.5) is 0 Å². The molecule has 30 heteroatoms. The van der Waals surface area contributed by atoms with E-state index < -0.39 is 211 Å². The molecule has 27 atom stereocenters. The standard InChI is InChI=1S/C74H134N2O28/c1-4-6-8-10-12-14-16-18-19-20-21-22-23-24-25-27-29-31-33-35-37-39-54(84)76-47(48(83)38-36-34-32-30-28-26-17-15-13-11-9-7-5-2)45-95-71-63(92)61(90)66(53(44-81)100-71)101-73-65(94)69(59(88)52(43-80)98-73)104-74-64(93)68(58(87)51(42-79)99-74)103-70-55(75-46(3)82)67(57(86)50(41-78)96-70)102-72-62(91)60(89)56(85)49(40-77)97-72/h18-19,36,38,47-53,55-74,77-81,83,85-94H,4-17,20-35,37,39-45H2,1-3H3,(H,75,82)(H,76,84)/b19-18-,38-36+/t47-,48+,49?,50?,51?,52?,53?,55?,56-,57-,58-,59-,60-,61+,62?,63?,64?,65?,66+,67+,68-,69-,70-,71+,72-,73-,74+/m0/s1. The zero-order chi connectivity index (χ0) is 75.9. The van der Waals surface area contributed by atoms with E-state index >= 15 is 0 Å². The van der Waals surface area contributed by atoms with Crippen molar-refractivity contribution in [3.05, 3.63) is 24.3 Å². The number of unbranched alkanes of at least 4 members (excludes halogenated alkanes) is 28. The molecule has 0 aromatic rings. The molecule has 608 valence electrons. The molecule has 5 aliphatic heterocycles. The molecule has 5 heterocycles. The highest BCUT2D eigenvalue weighted by Gasteiger charge is 2.57. The lowest BCUT2D eigenvalue weighted by Gasteiger charge is -2.50. The van der Waals surface area contributed by atoms with Crippen molar-refractivity contribution in [2.45, 2.75) is 392 Å². The van der Waals surface area contributed by atoms with Crippen molar-refractivity contribution in [1.82, 2.24) is 10.6 Å². The van der Waals surface area contributed by atoms with E-state index in [1.54, 1.807) is 6.08 Å². The van der Waals surface area contributed by atoms with Crippen molar-refractivity contribution >= 4 is 11.8 Å². The Morgan fingerprint density at radius 3 is 1.16 bits per heavy atom. The van der Waals surface area contributed by atoms with Gasteiger partial charge in [-0.3, -0.25) is 9.59 Å². The number of ether oxygens (including phenoxy) is 10. The fourth-order valence-electron chi connectivity index (χ4n) is 14.0. The largest absolute Gasteiger partial charge is 0.394 e. The van der Waals surface area contributed by atoms with Crippen LogP contribution in [0.3, 0.4) is 0 Å². The van der Waals surface area contributed by atoms with Crippen LogP contribution >= 0.6 is 0 Å². The Balaban J connectivity index is 1.18. The van der Waals surface area contributed by atoms with Gasteiger partial charge in [-0.25, -0.2) is 0 Å². The number of allylic oxidation sites excluding steroid dienone is 3. The first-order valence-corrected chi connectivity index (χ1v) is 39.1. The van der Waals surface area contributed by atoms with E-state index in [9.17, 15) is 91.3 Å². The summed E-state index contributed by atoms with van der Waals surface area (Å²) >= 11 is 0. The number of carbonyl (C=O) groups excluding carboxylic acids is 2. The van der Waals surface area contributed by atoms with Gasteiger partial charge in [0.2, 0.25) is 11.8 Å². The highest BCUT2D eigenvalue weighted by Crippen LogP contribution is 2.37. The summed E-state index contributed by atoms with van der Waals surface area (Å²) in [5, 5.41) is 182. The molecule has 5 rings (SSSR count). The van der Waals surface area contributed by atoms with E-state index in [1.165, 1.54) is 128 Å². The topological polar surface area (TPSA) is 474 Å². The zero-order valence-corrected chi connectivity index (χ0v) is 61.8. The van der Waals surface area contributed by atoms with Crippen LogP contribution in [-0.4, -0.2) is 299 Å². The first kappa shape index (κ1) is 92.0. The third-order valence-electron chi connectivity index (χ3n) is 20.4. The first-order chi connectivity index (χ1) is 50.2. The second kappa shape index (κ2) is 51.8. The normalized spacial score (nSPS) is 34.8. The summed E-state index contributed by atoms with van der Waals surface area (Å²) in [6.45, 7) is 0.303. The van der Waals surface area contributed by atoms with E-state index in [-0.39, 0.29) is 12.3 Å². The Bertz CT molecular complexity index is 2300. The van der Waals surface area contributed by atoms with Crippen LogP contribution in [-0.2, 0) is 57.0 Å². The van der Waals surface area contributed by atoms with Gasteiger partial charge in [-0.15, -0.1) is 0 Å². The van der Waals surface area contributed by atoms with Gasteiger partial charge in [-0.1, -0.05) is 192 Å². The van der Waals surface area contributed by atoms with Gasteiger partial charge in [-0.2, -0.15) is 0 Å². The maximum atomic E-state index is 13.5. The first-order valence-electron chi connectivity index (χ1n) is 39.1. The number of aliphatic hydroxyl groups is 16. The van der Waals surface area contributed by atoms with E-state index in [0.717, 1.165) is 64.7 Å². The highest BCUT2D eigenvalue weighted by atomic mass is 16.8. The van der Waals surface area contributed by atoms with Crippen molar-refractivity contribution in [2.75, 3.05) is 39.6 Å². The second-order valence-corrected chi connectivity index (χ2v) is 28.9. The average molecular weight is 1500 g/mol. The van der Waals surface area contributed by atoms with Gasteiger partial charge in [0.1, 0.15) is 122 Å². The Kier molecular flexibility index (Phi) is 45.8. The summed E-state index contributed by atoms with van der Waals surface area (Å²) in [4.78, 5) is 26.3. The van der Waals surface area contributed by atoms with E-state index in [2.05, 4.69) is 36.6 Å². The van der Waals surface area contributed by atoms with Crippen LogP contribution in [0.15, 0.2) is 24.3 Å². The lowest BCUT2D eigenvalue weighted by Crippen LogP contribution is -2.70. The van der Waals surface area contributed by atoms with Crippen molar-refractivity contribution < 1.29 is 139 Å². The molecule has 5 fully saturated rings. The zero-order valence-electron chi connectivity index (χ0n) is 61.8. The summed E-state index contributed by atoms with van der Waals surface area (Å²) in [6, 6.07) is -2.77. The van der Waals surface area contributed by atoms with Crippen LogP contribution in [0, 0.1) is 0 Å². The van der Waals surface area contributed by atoms with Crippen molar-refractivity contribution in [1.29, 1.82) is 0 Å². The summed E-state index contributed by atoms with van der Waals surface area (Å²) in [5.74, 6) is -1.15. The van der Waals surface area contributed by atoms with E-state index in [1.807, 2.05) is 6.08 Å². The molecule has 10 unspecified atom stereocenters. The SMILES string of the molecule is CCCCCCCC/C=C\CCCCCCCCCCCCCC(=O)N[C@@H](CO[C@@H]1OC(CO)[C@@H](O[C@@H]2OC(CO)[C@H](O)[C@H](O[C@H]3OC(CO)[C@H](O)[C@H](O[C@@H]4OC(CO)[C@H](O)[C@H](O[C@@H]5OC(CO)[C@H](O)[C@H](O)C5O)C4NC(C)=O)C3O)C2O)[C@H](O)C1O)[C@H](O)/C=C/CCCCCCCCCCCCC. The molecule has 104 heavy (non-hydrogen) atoms. The number of aliphatic hydroxyl groups excluding tert-OH is 16. The van der Waals surface area contributed by atoms with Crippen LogP contribution in [0.2, 0.25) is 0 Å². The van der Waals surface area contributed by atoms with Gasteiger partial charge < -0.3 is 140 Å². The van der Waals surface area contributed by atoms with Crippen LogP contribution in [0.5, 0.6) is 0 Å². The van der Waals surface area contributed by atoms with Crippen LogP contribution in [0.1, 0.15) is 226 Å². The smallest absolute Gasteiger partial charge is 0.220 e. The number of hydrogen-bond acceptors (Lipinski definition) is 28. The Morgan fingerprint density at radius 1 is 0.375 bits per heavy atom. The molecular weight excluding hydrogens is 1360 g/mol. The van der Waals surface area contributed by atoms with Crippen molar-refractivity contribution in [3.63, 3.8) is 0 Å². The molecule has 0 aromatic carbocycles. The molecule has 0 radical (unpaired) electrons.